The lowest BCUT2D eigenvalue weighted by Gasteiger charge is -2.08. The first kappa shape index (κ1) is 23.7. The van der Waals surface area contributed by atoms with Crippen LogP contribution in [-0.4, -0.2) is 25.9 Å². The summed E-state index contributed by atoms with van der Waals surface area (Å²) in [7, 11) is 0. The van der Waals surface area contributed by atoms with E-state index in [0.717, 1.165) is 31.4 Å². The molecule has 0 unspecified atom stereocenters. The first-order valence-corrected chi connectivity index (χ1v) is 10.6. The minimum Gasteiger partial charge on any atom is -0.379 e. The Morgan fingerprint density at radius 3 is 2.19 bits per heavy atom. The summed E-state index contributed by atoms with van der Waals surface area (Å²) < 4.78 is 24.0. The van der Waals surface area contributed by atoms with Crippen LogP contribution in [-0.2, 0) is 9.47 Å². The van der Waals surface area contributed by atoms with Gasteiger partial charge in [0.25, 0.3) is 0 Å². The van der Waals surface area contributed by atoms with Crippen molar-refractivity contribution in [3.63, 3.8) is 0 Å². The van der Waals surface area contributed by atoms with Gasteiger partial charge in [0, 0.05) is 18.6 Å². The van der Waals surface area contributed by atoms with Gasteiger partial charge < -0.3 is 9.47 Å². The Hall–Kier alpha value is -1.37. The highest BCUT2D eigenvalue weighted by Crippen LogP contribution is 2.10. The molecule has 27 heavy (non-hydrogen) atoms. The average molecular weight is 377 g/mol. The molecule has 0 spiro atoms. The molecule has 0 heterocycles. The van der Waals surface area contributed by atoms with Gasteiger partial charge in [-0.1, -0.05) is 62.9 Å². The van der Waals surface area contributed by atoms with E-state index >= 15 is 0 Å². The van der Waals surface area contributed by atoms with Crippen molar-refractivity contribution in [3.8, 4) is 11.8 Å². The summed E-state index contributed by atoms with van der Waals surface area (Å²) in [4.78, 5) is 0. The maximum Gasteiger partial charge on any atom is 0.124 e. The van der Waals surface area contributed by atoms with E-state index in [1.807, 2.05) is 19.9 Å². The Morgan fingerprint density at radius 1 is 0.852 bits per heavy atom. The second kappa shape index (κ2) is 16.8. The third kappa shape index (κ3) is 15.4. The molecule has 0 saturated heterocycles. The lowest BCUT2D eigenvalue weighted by molar-refractivity contribution is 0.0186. The van der Waals surface area contributed by atoms with E-state index in [1.54, 1.807) is 6.07 Å². The van der Waals surface area contributed by atoms with Crippen LogP contribution in [0.3, 0.4) is 0 Å². The fourth-order valence-corrected chi connectivity index (χ4v) is 2.83. The topological polar surface area (TPSA) is 18.5 Å². The van der Waals surface area contributed by atoms with Crippen molar-refractivity contribution in [3.05, 3.63) is 35.6 Å². The van der Waals surface area contributed by atoms with Gasteiger partial charge in [-0.3, -0.25) is 0 Å². The predicted molar refractivity (Wildman–Crippen MR) is 111 cm³/mol. The molecule has 0 saturated carbocycles. The maximum absolute atomic E-state index is 13.0. The molecule has 0 aliphatic carbocycles. The Balaban J connectivity index is 1.79. The van der Waals surface area contributed by atoms with Crippen molar-refractivity contribution in [1.29, 1.82) is 0 Å². The van der Waals surface area contributed by atoms with Crippen LogP contribution >= 0.6 is 0 Å². The molecular formula is C24H37FO2. The lowest BCUT2D eigenvalue weighted by Crippen LogP contribution is -2.10. The third-order valence-corrected chi connectivity index (χ3v) is 4.33. The minimum atomic E-state index is -0.217. The van der Waals surface area contributed by atoms with E-state index in [1.165, 1.54) is 57.1 Å². The number of ether oxygens (including phenoxy) is 2. The monoisotopic (exact) mass is 376 g/mol. The van der Waals surface area contributed by atoms with E-state index < -0.39 is 0 Å². The molecule has 0 fully saturated rings. The molecule has 1 rings (SSSR count). The fourth-order valence-electron chi connectivity index (χ4n) is 2.83. The van der Waals surface area contributed by atoms with Gasteiger partial charge in [0.2, 0.25) is 0 Å². The molecule has 152 valence electrons. The molecule has 0 aliphatic heterocycles. The van der Waals surface area contributed by atoms with Crippen LogP contribution in [0.2, 0.25) is 0 Å². The number of hydrogen-bond donors (Lipinski definition) is 0. The van der Waals surface area contributed by atoms with Gasteiger partial charge in [0.05, 0.1) is 19.3 Å². The summed E-state index contributed by atoms with van der Waals surface area (Å²) in [6.07, 6.45) is 12.6. The van der Waals surface area contributed by atoms with Gasteiger partial charge in [0.15, 0.2) is 0 Å². The van der Waals surface area contributed by atoms with Crippen LogP contribution in [0.1, 0.15) is 83.6 Å². The summed E-state index contributed by atoms with van der Waals surface area (Å²) in [5.74, 6) is 5.95. The predicted octanol–water partition coefficient (Wildman–Crippen LogP) is 6.52. The van der Waals surface area contributed by atoms with Gasteiger partial charge in [-0.05, 0) is 44.9 Å². The summed E-state index contributed by atoms with van der Waals surface area (Å²) in [5, 5.41) is 0. The van der Waals surface area contributed by atoms with Crippen LogP contribution in [0.5, 0.6) is 0 Å². The normalized spacial score (nSPS) is 10.8. The SMILES string of the molecule is CC(C)OCCOCCCCCCCCCCCC#Cc1cccc(F)c1. The van der Waals surface area contributed by atoms with Crippen molar-refractivity contribution in [2.75, 3.05) is 19.8 Å². The molecule has 0 amide bonds. The van der Waals surface area contributed by atoms with Gasteiger partial charge >= 0.3 is 0 Å². The molecule has 1 aromatic carbocycles. The Morgan fingerprint density at radius 2 is 1.52 bits per heavy atom. The molecule has 3 heteroatoms. The van der Waals surface area contributed by atoms with Crippen molar-refractivity contribution in [2.45, 2.75) is 84.2 Å². The minimum absolute atomic E-state index is 0.217. The highest BCUT2D eigenvalue weighted by Gasteiger charge is 1.95. The molecule has 0 bridgehead atoms. The van der Waals surface area contributed by atoms with Gasteiger partial charge in [-0.15, -0.1) is 0 Å². The zero-order valence-corrected chi connectivity index (χ0v) is 17.3. The molecule has 0 atom stereocenters. The van der Waals surface area contributed by atoms with Gasteiger partial charge in [-0.25, -0.2) is 4.39 Å². The number of halogens is 1. The Labute approximate surface area is 165 Å². The number of unbranched alkanes of at least 4 members (excludes halogenated alkanes) is 9. The molecule has 0 N–H and O–H groups in total. The zero-order chi connectivity index (χ0) is 19.6. The van der Waals surface area contributed by atoms with Crippen LogP contribution < -0.4 is 0 Å². The standard InChI is InChI=1S/C24H37FO2/c1-22(2)27-20-19-26-18-13-11-9-7-5-3-4-6-8-10-12-15-23-16-14-17-24(25)21-23/h14,16-17,21-22H,3-11,13,18-20H2,1-2H3. The van der Waals surface area contributed by atoms with Gasteiger partial charge in [0.1, 0.15) is 5.82 Å². The zero-order valence-electron chi connectivity index (χ0n) is 17.3. The smallest absolute Gasteiger partial charge is 0.124 e. The van der Waals surface area contributed by atoms with Crippen molar-refractivity contribution >= 4 is 0 Å². The molecular weight excluding hydrogens is 339 g/mol. The molecule has 2 nitrogen and oxygen atoms in total. The van der Waals surface area contributed by atoms with Crippen LogP contribution in [0.25, 0.3) is 0 Å². The Kier molecular flexibility index (Phi) is 14.7. The lowest BCUT2D eigenvalue weighted by atomic mass is 10.1. The first-order chi connectivity index (χ1) is 13.2. The number of hydrogen-bond acceptors (Lipinski definition) is 2. The quantitative estimate of drug-likeness (QED) is 0.256. The van der Waals surface area contributed by atoms with Crippen molar-refractivity contribution in [1.82, 2.24) is 0 Å². The summed E-state index contributed by atoms with van der Waals surface area (Å²) in [6.45, 7) is 6.36. The summed E-state index contributed by atoms with van der Waals surface area (Å²) in [6, 6.07) is 6.49. The highest BCUT2D eigenvalue weighted by molar-refractivity contribution is 5.34. The molecule has 0 aromatic heterocycles. The van der Waals surface area contributed by atoms with Crippen LogP contribution in [0, 0.1) is 17.7 Å². The van der Waals surface area contributed by atoms with E-state index in [2.05, 4.69) is 11.8 Å². The van der Waals surface area contributed by atoms with E-state index in [0.29, 0.717) is 19.3 Å². The van der Waals surface area contributed by atoms with Crippen molar-refractivity contribution < 1.29 is 13.9 Å². The fraction of sp³-hybridized carbons (Fsp3) is 0.667. The van der Waals surface area contributed by atoms with Gasteiger partial charge in [-0.2, -0.15) is 0 Å². The third-order valence-electron chi connectivity index (χ3n) is 4.33. The van der Waals surface area contributed by atoms with E-state index in [4.69, 9.17) is 9.47 Å². The van der Waals surface area contributed by atoms with Crippen LogP contribution in [0.15, 0.2) is 24.3 Å². The Bertz CT molecular complexity index is 531. The largest absolute Gasteiger partial charge is 0.379 e. The first-order valence-electron chi connectivity index (χ1n) is 10.6. The van der Waals surface area contributed by atoms with E-state index in [9.17, 15) is 4.39 Å². The molecule has 0 radical (unpaired) electrons. The molecule has 1 aromatic rings. The average Bonchev–Trinajstić information content (AvgIpc) is 2.64. The highest BCUT2D eigenvalue weighted by atomic mass is 19.1. The summed E-state index contributed by atoms with van der Waals surface area (Å²) >= 11 is 0. The second-order valence-electron chi connectivity index (χ2n) is 7.28. The number of rotatable bonds is 15. The summed E-state index contributed by atoms with van der Waals surface area (Å²) in [5.41, 5.74) is 0.768. The maximum atomic E-state index is 13.0. The second-order valence-corrected chi connectivity index (χ2v) is 7.28. The van der Waals surface area contributed by atoms with Crippen LogP contribution in [0.4, 0.5) is 4.39 Å². The van der Waals surface area contributed by atoms with E-state index in [-0.39, 0.29) is 5.82 Å². The van der Waals surface area contributed by atoms with Crippen molar-refractivity contribution in [2.24, 2.45) is 0 Å². The number of benzene rings is 1. The molecule has 0 aliphatic rings.